The molecule has 7 nitrogen and oxygen atoms in total. The number of benzene rings is 2. The van der Waals surface area contributed by atoms with Gasteiger partial charge in [0.15, 0.2) is 12.7 Å². The lowest BCUT2D eigenvalue weighted by molar-refractivity contribution is -0.155. The van der Waals surface area contributed by atoms with Gasteiger partial charge in [-0.1, -0.05) is 11.6 Å². The highest BCUT2D eigenvalue weighted by atomic mass is 35.5. The van der Waals surface area contributed by atoms with Crippen LogP contribution >= 0.6 is 11.6 Å². The Hall–Kier alpha value is -3.37. The summed E-state index contributed by atoms with van der Waals surface area (Å²) in [6.45, 7) is 1.03. The number of nitrogens with zero attached hydrogens (tertiary/aromatic N) is 1. The third-order valence-electron chi connectivity index (χ3n) is 3.41. The van der Waals surface area contributed by atoms with Crippen molar-refractivity contribution in [2.45, 2.75) is 13.0 Å². The van der Waals surface area contributed by atoms with Gasteiger partial charge in [-0.3, -0.25) is 9.59 Å². The molecule has 1 atom stereocenters. The Bertz CT molecular complexity index is 890. The van der Waals surface area contributed by atoms with Crippen molar-refractivity contribution in [3.8, 4) is 11.8 Å². The molecule has 0 aliphatic heterocycles. The van der Waals surface area contributed by atoms with E-state index in [4.69, 9.17) is 26.3 Å². The minimum absolute atomic E-state index is 0.203. The van der Waals surface area contributed by atoms with Crippen LogP contribution in [0.15, 0.2) is 42.5 Å². The normalized spacial score (nSPS) is 11.0. The van der Waals surface area contributed by atoms with Gasteiger partial charge in [0.1, 0.15) is 18.1 Å². The van der Waals surface area contributed by atoms with Gasteiger partial charge in [0.25, 0.3) is 5.91 Å². The van der Waals surface area contributed by atoms with Crippen molar-refractivity contribution < 1.29 is 23.9 Å². The number of anilines is 1. The topological polar surface area (TPSA) is 105 Å². The molecule has 0 aliphatic carbocycles. The molecule has 0 spiro atoms. The van der Waals surface area contributed by atoms with E-state index in [0.29, 0.717) is 23.3 Å². The Labute approximate surface area is 160 Å². The Kier molecular flexibility index (Phi) is 6.92. The molecule has 0 bridgehead atoms. The maximum absolute atomic E-state index is 12.1. The van der Waals surface area contributed by atoms with Crippen molar-refractivity contribution >= 4 is 35.5 Å². The fourth-order valence-corrected chi connectivity index (χ4v) is 2.22. The smallest absolute Gasteiger partial charge is 0.344 e. The Morgan fingerprint density at radius 3 is 2.56 bits per heavy atom. The number of aldehydes is 1. The summed E-state index contributed by atoms with van der Waals surface area (Å²) in [7, 11) is 0. The van der Waals surface area contributed by atoms with E-state index in [1.165, 1.54) is 25.1 Å². The number of carbonyl (C=O) groups excluding carboxylic acids is 3. The molecule has 1 N–H and O–H groups in total. The van der Waals surface area contributed by atoms with Crippen LogP contribution in [0.3, 0.4) is 0 Å². The number of halogens is 1. The number of nitrogens with one attached hydrogen (secondary N) is 1. The predicted molar refractivity (Wildman–Crippen MR) is 97.7 cm³/mol. The van der Waals surface area contributed by atoms with E-state index in [9.17, 15) is 14.4 Å². The molecule has 8 heteroatoms. The predicted octanol–water partition coefficient (Wildman–Crippen LogP) is 2.97. The highest BCUT2D eigenvalue weighted by Crippen LogP contribution is 2.20. The number of carbonyl (C=O) groups is 3. The van der Waals surface area contributed by atoms with Crippen LogP contribution in [-0.2, 0) is 14.3 Å². The highest BCUT2D eigenvalue weighted by molar-refractivity contribution is 6.32. The van der Waals surface area contributed by atoms with Crippen LogP contribution in [0.1, 0.15) is 22.8 Å². The summed E-state index contributed by atoms with van der Waals surface area (Å²) in [4.78, 5) is 34.5. The summed E-state index contributed by atoms with van der Waals surface area (Å²) in [5, 5.41) is 11.6. The molecule has 0 saturated heterocycles. The van der Waals surface area contributed by atoms with E-state index in [1.807, 2.05) is 6.07 Å². The van der Waals surface area contributed by atoms with Crippen molar-refractivity contribution in [3.63, 3.8) is 0 Å². The number of nitriles is 1. The monoisotopic (exact) mass is 386 g/mol. The first kappa shape index (κ1) is 19.9. The van der Waals surface area contributed by atoms with Gasteiger partial charge in [-0.2, -0.15) is 5.26 Å². The van der Waals surface area contributed by atoms with E-state index in [2.05, 4.69) is 5.32 Å². The lowest BCUT2D eigenvalue weighted by Crippen LogP contribution is -2.31. The highest BCUT2D eigenvalue weighted by Gasteiger charge is 2.18. The van der Waals surface area contributed by atoms with E-state index < -0.39 is 18.0 Å². The summed E-state index contributed by atoms with van der Waals surface area (Å²) in [6, 6.07) is 12.5. The van der Waals surface area contributed by atoms with Gasteiger partial charge >= 0.3 is 5.97 Å². The lowest BCUT2D eigenvalue weighted by Gasteiger charge is -2.14. The molecular formula is C19H15ClN2O5. The van der Waals surface area contributed by atoms with Crippen LogP contribution in [0, 0.1) is 11.3 Å². The third kappa shape index (κ3) is 5.83. The first-order valence-electron chi connectivity index (χ1n) is 7.81. The molecule has 0 aliphatic rings. The quantitative estimate of drug-likeness (QED) is 0.579. The zero-order valence-electron chi connectivity index (χ0n) is 14.3. The van der Waals surface area contributed by atoms with Crippen molar-refractivity contribution in [2.24, 2.45) is 0 Å². The Morgan fingerprint density at radius 1 is 1.26 bits per heavy atom. The molecule has 0 unspecified atom stereocenters. The zero-order valence-corrected chi connectivity index (χ0v) is 15.0. The molecule has 1 amide bonds. The number of ether oxygens (including phenoxy) is 2. The number of esters is 1. The van der Waals surface area contributed by atoms with E-state index in [-0.39, 0.29) is 17.2 Å². The number of hydrogen-bond donors (Lipinski definition) is 1. The van der Waals surface area contributed by atoms with Crippen LogP contribution in [0.4, 0.5) is 5.69 Å². The van der Waals surface area contributed by atoms with Crippen LogP contribution in [0.2, 0.25) is 5.02 Å². The molecule has 2 aromatic carbocycles. The van der Waals surface area contributed by atoms with Crippen LogP contribution < -0.4 is 10.1 Å². The van der Waals surface area contributed by atoms with E-state index in [1.54, 1.807) is 24.3 Å². The molecule has 0 radical (unpaired) electrons. The Balaban J connectivity index is 1.84. The second kappa shape index (κ2) is 9.36. The minimum Gasteiger partial charge on any atom is -0.482 e. The van der Waals surface area contributed by atoms with Gasteiger partial charge < -0.3 is 14.8 Å². The molecular weight excluding hydrogens is 372 g/mol. The molecule has 27 heavy (non-hydrogen) atoms. The van der Waals surface area contributed by atoms with Gasteiger partial charge in [0.05, 0.1) is 10.6 Å². The number of rotatable bonds is 7. The molecule has 2 aromatic rings. The SMILES string of the molecule is C[C@H](OC(=O)COc1ccc(C=O)cc1)C(=O)Nc1ccc(C#N)c(Cl)c1. The van der Waals surface area contributed by atoms with Gasteiger partial charge in [0, 0.05) is 11.3 Å². The van der Waals surface area contributed by atoms with Crippen LogP contribution in [0.5, 0.6) is 5.75 Å². The summed E-state index contributed by atoms with van der Waals surface area (Å²) >= 11 is 5.90. The van der Waals surface area contributed by atoms with Gasteiger partial charge in [-0.15, -0.1) is 0 Å². The van der Waals surface area contributed by atoms with E-state index >= 15 is 0 Å². The van der Waals surface area contributed by atoms with Gasteiger partial charge in [-0.25, -0.2) is 4.79 Å². The standard InChI is InChI=1S/C19H15ClN2O5/c1-12(19(25)22-15-5-4-14(9-21)17(20)8-15)27-18(24)11-26-16-6-2-13(10-23)3-7-16/h2-8,10,12H,11H2,1H3,(H,22,25)/t12-/m0/s1. The molecule has 0 fully saturated rings. The fourth-order valence-electron chi connectivity index (χ4n) is 2.00. The first-order chi connectivity index (χ1) is 12.9. The van der Waals surface area contributed by atoms with Crippen molar-refractivity contribution in [3.05, 3.63) is 58.6 Å². The van der Waals surface area contributed by atoms with Crippen LogP contribution in [0.25, 0.3) is 0 Å². The zero-order chi connectivity index (χ0) is 19.8. The third-order valence-corrected chi connectivity index (χ3v) is 3.72. The van der Waals surface area contributed by atoms with Gasteiger partial charge in [-0.05, 0) is 49.4 Å². The molecule has 0 saturated carbocycles. The second-order valence-electron chi connectivity index (χ2n) is 5.40. The minimum atomic E-state index is -1.06. The largest absolute Gasteiger partial charge is 0.482 e. The first-order valence-corrected chi connectivity index (χ1v) is 8.18. The molecule has 138 valence electrons. The molecule has 2 rings (SSSR count). The summed E-state index contributed by atoms with van der Waals surface area (Å²) in [6.07, 6.45) is -0.368. The fraction of sp³-hybridized carbons (Fsp3) is 0.158. The summed E-state index contributed by atoms with van der Waals surface area (Å²) in [5.41, 5.74) is 1.14. The Morgan fingerprint density at radius 2 is 1.96 bits per heavy atom. The lowest BCUT2D eigenvalue weighted by atomic mass is 10.2. The van der Waals surface area contributed by atoms with Crippen molar-refractivity contribution in [1.29, 1.82) is 5.26 Å². The molecule has 0 heterocycles. The van der Waals surface area contributed by atoms with Gasteiger partial charge in [0.2, 0.25) is 0 Å². The second-order valence-corrected chi connectivity index (χ2v) is 5.81. The van der Waals surface area contributed by atoms with Crippen LogP contribution in [-0.4, -0.2) is 30.9 Å². The number of hydrogen-bond acceptors (Lipinski definition) is 6. The van der Waals surface area contributed by atoms with E-state index in [0.717, 1.165) is 0 Å². The summed E-state index contributed by atoms with van der Waals surface area (Å²) < 4.78 is 10.2. The molecule has 0 aromatic heterocycles. The summed E-state index contributed by atoms with van der Waals surface area (Å²) in [5.74, 6) is -0.892. The van der Waals surface area contributed by atoms with Crippen molar-refractivity contribution in [2.75, 3.05) is 11.9 Å². The maximum atomic E-state index is 12.1. The average Bonchev–Trinajstić information content (AvgIpc) is 2.66. The average molecular weight is 387 g/mol. The van der Waals surface area contributed by atoms with Crippen molar-refractivity contribution in [1.82, 2.24) is 0 Å². The maximum Gasteiger partial charge on any atom is 0.344 e. The number of amides is 1.